The Morgan fingerprint density at radius 2 is 1.76 bits per heavy atom. The van der Waals surface area contributed by atoms with Crippen molar-refractivity contribution in [3.63, 3.8) is 0 Å². The summed E-state index contributed by atoms with van der Waals surface area (Å²) < 4.78 is 7.64. The van der Waals surface area contributed by atoms with Crippen molar-refractivity contribution in [1.29, 1.82) is 0 Å². The van der Waals surface area contributed by atoms with Gasteiger partial charge in [0.15, 0.2) is 16.6 Å². The van der Waals surface area contributed by atoms with Crippen LogP contribution in [-0.2, 0) is 17.7 Å². The van der Waals surface area contributed by atoms with Gasteiger partial charge in [-0.05, 0) is 30.9 Å². The number of hydrogen-bond acceptors (Lipinski definition) is 8. The van der Waals surface area contributed by atoms with E-state index in [1.54, 1.807) is 15.8 Å². The molecule has 3 heterocycles. The Bertz CT molecular complexity index is 1410. The Labute approximate surface area is 250 Å². The summed E-state index contributed by atoms with van der Waals surface area (Å²) in [6.45, 7) is 5.84. The second kappa shape index (κ2) is 14.1. The average molecular weight is 594 g/mol. The van der Waals surface area contributed by atoms with E-state index in [0.29, 0.717) is 54.7 Å². The summed E-state index contributed by atoms with van der Waals surface area (Å²) in [7, 11) is 2.13. The van der Waals surface area contributed by atoms with Crippen LogP contribution in [0.4, 0.5) is 10.6 Å². The van der Waals surface area contributed by atoms with Crippen LogP contribution in [0.3, 0.4) is 0 Å². The third-order valence-electron chi connectivity index (χ3n) is 7.30. The zero-order valence-corrected chi connectivity index (χ0v) is 25.1. The SMILES string of the molecule is CSc1nc(N(CCc2ccccc2)C(=O)OCCN2CCN(C)CC2)c2cnn(CC(Cl)c3ccccc3)c2n1. The summed E-state index contributed by atoms with van der Waals surface area (Å²) in [6, 6.07) is 20.0. The molecule has 2 aromatic carbocycles. The van der Waals surface area contributed by atoms with Crippen molar-refractivity contribution in [3.05, 3.63) is 78.0 Å². The van der Waals surface area contributed by atoms with E-state index < -0.39 is 6.09 Å². The largest absolute Gasteiger partial charge is 0.448 e. The van der Waals surface area contributed by atoms with Gasteiger partial charge in [-0.1, -0.05) is 72.4 Å². The molecule has 1 amide bonds. The van der Waals surface area contributed by atoms with Gasteiger partial charge in [0, 0.05) is 39.3 Å². The molecule has 4 aromatic rings. The predicted molar refractivity (Wildman–Crippen MR) is 165 cm³/mol. The van der Waals surface area contributed by atoms with Gasteiger partial charge in [-0.2, -0.15) is 5.10 Å². The van der Waals surface area contributed by atoms with Crippen LogP contribution in [0.1, 0.15) is 16.5 Å². The van der Waals surface area contributed by atoms with Gasteiger partial charge in [0.2, 0.25) is 0 Å². The monoisotopic (exact) mass is 593 g/mol. The number of rotatable bonds is 11. The number of likely N-dealkylation sites (N-methyl/N-ethyl adjacent to an activating group) is 1. The first kappa shape index (κ1) is 29.3. The highest BCUT2D eigenvalue weighted by molar-refractivity contribution is 7.98. The molecule has 0 saturated carbocycles. The first-order valence-corrected chi connectivity index (χ1v) is 15.5. The summed E-state index contributed by atoms with van der Waals surface area (Å²) in [4.78, 5) is 29.4. The van der Waals surface area contributed by atoms with Crippen LogP contribution in [0.15, 0.2) is 72.0 Å². The molecule has 1 aliphatic heterocycles. The first-order chi connectivity index (χ1) is 20.0. The van der Waals surface area contributed by atoms with Crippen LogP contribution in [0.2, 0.25) is 0 Å². The molecule has 0 radical (unpaired) electrons. The van der Waals surface area contributed by atoms with Gasteiger partial charge >= 0.3 is 6.09 Å². The van der Waals surface area contributed by atoms with Crippen LogP contribution in [0.5, 0.6) is 0 Å². The Morgan fingerprint density at radius 1 is 1.05 bits per heavy atom. The van der Waals surface area contributed by atoms with E-state index >= 15 is 0 Å². The molecule has 0 spiro atoms. The third-order valence-corrected chi connectivity index (χ3v) is 8.24. The first-order valence-electron chi connectivity index (χ1n) is 13.9. The van der Waals surface area contributed by atoms with Crippen molar-refractivity contribution >= 4 is 46.3 Å². The van der Waals surface area contributed by atoms with Crippen molar-refractivity contribution in [3.8, 4) is 0 Å². The number of anilines is 1. The number of halogens is 1. The number of ether oxygens (including phenoxy) is 1. The molecule has 0 aliphatic carbocycles. The maximum atomic E-state index is 13.6. The maximum Gasteiger partial charge on any atom is 0.415 e. The van der Waals surface area contributed by atoms with Gasteiger partial charge in [0.05, 0.1) is 23.5 Å². The molecule has 1 unspecified atom stereocenters. The summed E-state index contributed by atoms with van der Waals surface area (Å²) in [5, 5.41) is 5.56. The Hall–Kier alpha value is -3.18. The molecule has 0 bridgehead atoms. The Morgan fingerprint density at radius 3 is 2.46 bits per heavy atom. The number of carbonyl (C=O) groups excluding carboxylic acids is 1. The van der Waals surface area contributed by atoms with Gasteiger partial charge in [0.25, 0.3) is 0 Å². The molecule has 5 rings (SSSR count). The average Bonchev–Trinajstić information content (AvgIpc) is 3.41. The van der Waals surface area contributed by atoms with Gasteiger partial charge in [-0.3, -0.25) is 9.80 Å². The second-order valence-electron chi connectivity index (χ2n) is 10.1. The highest BCUT2D eigenvalue weighted by Gasteiger charge is 2.25. The minimum Gasteiger partial charge on any atom is -0.448 e. The van der Waals surface area contributed by atoms with Crippen molar-refractivity contribution in [2.75, 3.05) is 64.1 Å². The normalized spacial score (nSPS) is 15.2. The molecule has 1 aliphatic rings. The van der Waals surface area contributed by atoms with Crippen molar-refractivity contribution < 1.29 is 9.53 Å². The number of aromatic nitrogens is 4. The Balaban J connectivity index is 1.40. The van der Waals surface area contributed by atoms with E-state index in [-0.39, 0.29) is 5.38 Å². The molecule has 216 valence electrons. The lowest BCUT2D eigenvalue weighted by molar-refractivity contribution is 0.107. The van der Waals surface area contributed by atoms with Crippen LogP contribution in [0.25, 0.3) is 11.0 Å². The van der Waals surface area contributed by atoms with Crippen LogP contribution < -0.4 is 4.90 Å². The summed E-state index contributed by atoms with van der Waals surface area (Å²) >= 11 is 8.19. The molecule has 1 atom stereocenters. The Kier molecular flexibility index (Phi) is 10.1. The molecule has 9 nitrogen and oxygen atoms in total. The van der Waals surface area contributed by atoms with Gasteiger partial charge in [0.1, 0.15) is 6.61 Å². The number of fused-ring (bicyclic) bond motifs is 1. The third kappa shape index (κ3) is 7.56. The number of hydrogen-bond donors (Lipinski definition) is 0. The van der Waals surface area contributed by atoms with Crippen molar-refractivity contribution in [2.24, 2.45) is 0 Å². The minimum atomic E-state index is -0.422. The van der Waals surface area contributed by atoms with E-state index in [1.807, 2.05) is 54.8 Å². The number of alkyl halides is 1. The fourth-order valence-electron chi connectivity index (χ4n) is 4.85. The number of nitrogens with zero attached hydrogens (tertiary/aromatic N) is 7. The fourth-order valence-corrected chi connectivity index (χ4v) is 5.48. The zero-order valence-electron chi connectivity index (χ0n) is 23.5. The lowest BCUT2D eigenvalue weighted by Crippen LogP contribution is -2.46. The standard InChI is InChI=1S/C30H36ClN7O2S/c1-35-15-17-36(18-16-35)19-20-40-30(39)37(14-13-23-9-5-3-6-10-23)27-25-21-32-38(28(25)34-29(33-27)41-2)22-26(31)24-11-7-4-8-12-24/h3-12,21,26H,13-20,22H2,1-2H3. The summed E-state index contributed by atoms with van der Waals surface area (Å²) in [5.41, 5.74) is 2.77. The maximum absolute atomic E-state index is 13.6. The molecular weight excluding hydrogens is 558 g/mol. The molecule has 0 N–H and O–H groups in total. The van der Waals surface area contributed by atoms with Crippen LogP contribution in [0, 0.1) is 0 Å². The fraction of sp³-hybridized carbons (Fsp3) is 0.400. The number of carbonyl (C=O) groups is 1. The molecule has 41 heavy (non-hydrogen) atoms. The highest BCUT2D eigenvalue weighted by Crippen LogP contribution is 2.30. The molecule has 1 saturated heterocycles. The van der Waals surface area contributed by atoms with Crippen molar-refractivity contribution in [2.45, 2.75) is 23.5 Å². The molecular formula is C30H36ClN7O2S. The second-order valence-corrected chi connectivity index (χ2v) is 11.4. The summed E-state index contributed by atoms with van der Waals surface area (Å²) in [6.07, 6.45) is 3.87. The zero-order chi connectivity index (χ0) is 28.6. The number of piperazine rings is 1. The van der Waals surface area contributed by atoms with Gasteiger partial charge in [-0.25, -0.2) is 19.4 Å². The van der Waals surface area contributed by atoms with Crippen LogP contribution in [-0.4, -0.2) is 94.8 Å². The van der Waals surface area contributed by atoms with Gasteiger partial charge in [-0.15, -0.1) is 11.6 Å². The minimum absolute atomic E-state index is 0.288. The van der Waals surface area contributed by atoms with Gasteiger partial charge < -0.3 is 9.64 Å². The predicted octanol–water partition coefficient (Wildman–Crippen LogP) is 4.96. The lowest BCUT2D eigenvalue weighted by Gasteiger charge is -2.32. The van der Waals surface area contributed by atoms with E-state index in [2.05, 4.69) is 34.1 Å². The van der Waals surface area contributed by atoms with Crippen molar-refractivity contribution in [1.82, 2.24) is 29.5 Å². The number of amides is 1. The van der Waals surface area contributed by atoms with E-state index in [4.69, 9.17) is 26.3 Å². The molecule has 11 heteroatoms. The van der Waals surface area contributed by atoms with E-state index in [9.17, 15) is 4.79 Å². The number of benzene rings is 2. The quantitative estimate of drug-likeness (QED) is 0.137. The lowest BCUT2D eigenvalue weighted by atomic mass is 10.1. The van der Waals surface area contributed by atoms with E-state index in [1.165, 1.54) is 11.8 Å². The topological polar surface area (TPSA) is 79.6 Å². The smallest absolute Gasteiger partial charge is 0.415 e. The van der Waals surface area contributed by atoms with Crippen LogP contribution >= 0.6 is 23.4 Å². The molecule has 1 fully saturated rings. The summed E-state index contributed by atoms with van der Waals surface area (Å²) in [5.74, 6) is 0.497. The molecule has 2 aromatic heterocycles. The highest BCUT2D eigenvalue weighted by atomic mass is 35.5. The number of thioether (sulfide) groups is 1. The van der Waals surface area contributed by atoms with E-state index in [0.717, 1.165) is 37.3 Å².